The maximum absolute atomic E-state index is 14.5. The Balaban J connectivity index is 2.35. The third-order valence-corrected chi connectivity index (χ3v) is 5.00. The summed E-state index contributed by atoms with van der Waals surface area (Å²) < 4.78 is 77.7. The number of carbonyl (C=O) groups excluding carboxylic acids is 2. The predicted octanol–water partition coefficient (Wildman–Crippen LogP) is 4.88. The minimum atomic E-state index is -5.50. The number of anilines is 2. The number of amides is 2. The van der Waals surface area contributed by atoms with E-state index in [9.17, 15) is 27.2 Å². The fourth-order valence-corrected chi connectivity index (χ4v) is 3.06. The van der Waals surface area contributed by atoms with Gasteiger partial charge in [0.2, 0.25) is 0 Å². The normalized spacial score (nSPS) is 11.5. The number of ether oxygens (including phenoxy) is 4. The summed E-state index contributed by atoms with van der Waals surface area (Å²) in [6.45, 7) is 0. The zero-order chi connectivity index (χ0) is 25.8. The number of halogens is 6. The highest BCUT2D eigenvalue weighted by atomic mass is 35.5. The van der Waals surface area contributed by atoms with E-state index >= 15 is 0 Å². The molecular formula is C20H18Cl2F4N2O6. The lowest BCUT2D eigenvalue weighted by atomic mass is 10.1. The molecule has 2 N–H and O–H groups in total. The molecule has 0 aliphatic rings. The summed E-state index contributed by atoms with van der Waals surface area (Å²) in [5.74, 6) is -16.5. The summed E-state index contributed by atoms with van der Waals surface area (Å²) in [6.07, 6.45) is 0. The van der Waals surface area contributed by atoms with E-state index in [1.165, 1.54) is 14.2 Å². The number of hydrogen-bond acceptors (Lipinski definition) is 6. The van der Waals surface area contributed by atoms with Crippen molar-refractivity contribution in [2.75, 3.05) is 39.1 Å². The van der Waals surface area contributed by atoms with Gasteiger partial charge in [0.15, 0.2) is 0 Å². The molecule has 14 heteroatoms. The van der Waals surface area contributed by atoms with E-state index in [0.717, 1.165) is 38.5 Å². The van der Waals surface area contributed by atoms with Crippen LogP contribution in [-0.4, -0.2) is 52.1 Å². The zero-order valence-corrected chi connectivity index (χ0v) is 19.5. The average Bonchev–Trinajstić information content (AvgIpc) is 2.80. The van der Waals surface area contributed by atoms with Gasteiger partial charge in [0.1, 0.15) is 23.0 Å². The molecule has 0 saturated carbocycles. The van der Waals surface area contributed by atoms with Crippen molar-refractivity contribution in [3.8, 4) is 23.0 Å². The zero-order valence-electron chi connectivity index (χ0n) is 18.0. The van der Waals surface area contributed by atoms with Gasteiger partial charge in [-0.1, -0.05) is 23.2 Å². The Morgan fingerprint density at radius 1 is 0.647 bits per heavy atom. The van der Waals surface area contributed by atoms with Gasteiger partial charge in [0.05, 0.1) is 49.9 Å². The fraction of sp³-hybridized carbons (Fsp3) is 0.300. The van der Waals surface area contributed by atoms with Crippen LogP contribution in [-0.2, 0) is 9.59 Å². The maximum Gasteiger partial charge on any atom is 0.396 e. The van der Waals surface area contributed by atoms with E-state index < -0.39 is 35.0 Å². The van der Waals surface area contributed by atoms with Crippen molar-refractivity contribution in [3.05, 3.63) is 34.3 Å². The average molecular weight is 529 g/mol. The van der Waals surface area contributed by atoms with Gasteiger partial charge in [-0.15, -0.1) is 0 Å². The van der Waals surface area contributed by atoms with Crippen LogP contribution in [0.4, 0.5) is 28.9 Å². The molecule has 2 rings (SSSR count). The van der Waals surface area contributed by atoms with E-state index in [-0.39, 0.29) is 33.0 Å². The van der Waals surface area contributed by atoms with Crippen molar-refractivity contribution in [2.24, 2.45) is 0 Å². The van der Waals surface area contributed by atoms with E-state index in [1.54, 1.807) is 10.6 Å². The molecule has 8 nitrogen and oxygen atoms in total. The van der Waals surface area contributed by atoms with Gasteiger partial charge in [-0.2, -0.15) is 17.6 Å². The van der Waals surface area contributed by atoms with Gasteiger partial charge in [-0.25, -0.2) is 0 Å². The molecule has 0 unspecified atom stereocenters. The molecule has 0 aliphatic carbocycles. The lowest BCUT2D eigenvalue weighted by Gasteiger charge is -2.25. The third-order valence-electron chi connectivity index (χ3n) is 4.41. The lowest BCUT2D eigenvalue weighted by molar-refractivity contribution is -0.204. The Hall–Kier alpha value is -3.12. The van der Waals surface area contributed by atoms with Gasteiger partial charge < -0.3 is 29.6 Å². The standard InChI is InChI=1S/C20H18Cl2F4N2O6/c1-31-13-7-11(15(33-3)5-9(13)21)27-17(29)19(23,24)20(25,26)18(30)28-12-8-14(32-2)10(22)6-16(12)34-4/h5-8H,1-4H3,(H,27,29)(H,28,30). The van der Waals surface area contributed by atoms with Crippen molar-refractivity contribution >= 4 is 46.4 Å². The maximum atomic E-state index is 14.5. The summed E-state index contributed by atoms with van der Waals surface area (Å²) in [5, 5.41) is 3.21. The molecular weight excluding hydrogens is 511 g/mol. The highest BCUT2D eigenvalue weighted by Gasteiger charge is 2.67. The number of hydrogen-bond donors (Lipinski definition) is 2. The van der Waals surface area contributed by atoms with E-state index in [1.807, 2.05) is 0 Å². The van der Waals surface area contributed by atoms with Crippen LogP contribution in [0.15, 0.2) is 24.3 Å². The Morgan fingerprint density at radius 3 is 1.21 bits per heavy atom. The highest BCUT2D eigenvalue weighted by Crippen LogP contribution is 2.41. The molecule has 2 amide bonds. The van der Waals surface area contributed by atoms with Crippen molar-refractivity contribution in [1.29, 1.82) is 0 Å². The molecule has 0 saturated heterocycles. The molecule has 2 aromatic rings. The number of nitrogens with one attached hydrogen (secondary N) is 2. The second-order valence-electron chi connectivity index (χ2n) is 6.43. The monoisotopic (exact) mass is 528 g/mol. The van der Waals surface area contributed by atoms with Crippen molar-refractivity contribution < 1.29 is 46.1 Å². The van der Waals surface area contributed by atoms with Crippen LogP contribution in [0, 0.1) is 0 Å². The number of carbonyl (C=O) groups is 2. The smallest absolute Gasteiger partial charge is 0.396 e. The second-order valence-corrected chi connectivity index (χ2v) is 7.25. The molecule has 0 fully saturated rings. The molecule has 2 aromatic carbocycles. The van der Waals surface area contributed by atoms with Gasteiger partial charge in [-0.05, 0) is 0 Å². The molecule has 0 radical (unpaired) electrons. The van der Waals surface area contributed by atoms with E-state index in [2.05, 4.69) is 0 Å². The van der Waals surface area contributed by atoms with Crippen LogP contribution < -0.4 is 29.6 Å². The Morgan fingerprint density at radius 2 is 0.941 bits per heavy atom. The molecule has 0 aliphatic heterocycles. The number of rotatable bonds is 9. The van der Waals surface area contributed by atoms with E-state index in [4.69, 9.17) is 42.1 Å². The molecule has 186 valence electrons. The Labute approximate surface area is 201 Å². The predicted molar refractivity (Wildman–Crippen MR) is 116 cm³/mol. The third kappa shape index (κ3) is 5.17. The Bertz CT molecular complexity index is 1020. The molecule has 0 heterocycles. The molecule has 0 spiro atoms. The van der Waals surface area contributed by atoms with Crippen LogP contribution in [0.5, 0.6) is 23.0 Å². The molecule has 0 bridgehead atoms. The summed E-state index contributed by atoms with van der Waals surface area (Å²) in [6, 6.07) is 4.19. The fourth-order valence-electron chi connectivity index (χ4n) is 2.60. The van der Waals surface area contributed by atoms with Crippen LogP contribution in [0.3, 0.4) is 0 Å². The van der Waals surface area contributed by atoms with Crippen LogP contribution in [0.2, 0.25) is 10.0 Å². The van der Waals surface area contributed by atoms with Crippen molar-refractivity contribution in [2.45, 2.75) is 11.8 Å². The molecule has 0 atom stereocenters. The second kappa shape index (κ2) is 10.4. The van der Waals surface area contributed by atoms with Gasteiger partial charge >= 0.3 is 23.7 Å². The van der Waals surface area contributed by atoms with Crippen molar-refractivity contribution in [3.63, 3.8) is 0 Å². The molecule has 34 heavy (non-hydrogen) atoms. The quantitative estimate of drug-likeness (QED) is 0.450. The SMILES string of the molecule is COc1cc(NC(=O)C(F)(F)C(F)(F)C(=O)Nc2cc(OC)c(Cl)cc2OC)c(OC)cc1Cl. The first-order valence-electron chi connectivity index (χ1n) is 9.05. The highest BCUT2D eigenvalue weighted by molar-refractivity contribution is 6.32. The lowest BCUT2D eigenvalue weighted by Crippen LogP contribution is -2.56. The van der Waals surface area contributed by atoms with Crippen molar-refractivity contribution in [1.82, 2.24) is 0 Å². The Kier molecular flexibility index (Phi) is 8.32. The van der Waals surface area contributed by atoms with E-state index in [0.29, 0.717) is 0 Å². The van der Waals surface area contributed by atoms with Crippen LogP contribution in [0.25, 0.3) is 0 Å². The van der Waals surface area contributed by atoms with Gasteiger partial charge in [-0.3, -0.25) is 9.59 Å². The first kappa shape index (κ1) is 27.1. The summed E-state index contributed by atoms with van der Waals surface area (Å²) >= 11 is 11.8. The first-order valence-corrected chi connectivity index (χ1v) is 9.81. The number of benzene rings is 2. The molecule has 0 aromatic heterocycles. The number of methoxy groups -OCH3 is 4. The first-order chi connectivity index (χ1) is 15.8. The summed E-state index contributed by atoms with van der Waals surface area (Å²) in [4.78, 5) is 24.3. The van der Waals surface area contributed by atoms with Gasteiger partial charge in [0.25, 0.3) is 0 Å². The topological polar surface area (TPSA) is 95.1 Å². The number of alkyl halides is 4. The summed E-state index contributed by atoms with van der Waals surface area (Å²) in [7, 11) is 4.66. The van der Waals surface area contributed by atoms with Crippen LogP contribution in [0.1, 0.15) is 0 Å². The van der Waals surface area contributed by atoms with Gasteiger partial charge in [0, 0.05) is 24.3 Å². The van der Waals surface area contributed by atoms with Crippen LogP contribution >= 0.6 is 23.2 Å². The minimum Gasteiger partial charge on any atom is -0.495 e. The summed E-state index contributed by atoms with van der Waals surface area (Å²) in [5.41, 5.74) is -0.900. The minimum absolute atomic E-state index is 0.00107. The largest absolute Gasteiger partial charge is 0.495 e.